The Morgan fingerprint density at radius 1 is 1.30 bits per heavy atom. The normalized spacial score (nSPS) is 25.2. The number of rotatable bonds is 5. The number of amides is 1. The van der Waals surface area contributed by atoms with Gasteiger partial charge in [-0.2, -0.15) is 0 Å². The third-order valence-electron chi connectivity index (χ3n) is 6.98. The van der Waals surface area contributed by atoms with Crippen LogP contribution in [-0.2, 0) is 6.54 Å². The van der Waals surface area contributed by atoms with Crippen LogP contribution >= 0.6 is 11.6 Å². The fourth-order valence-electron chi connectivity index (χ4n) is 4.66. The highest BCUT2D eigenvalue weighted by atomic mass is 35.5. The number of benzene rings is 1. The van der Waals surface area contributed by atoms with Gasteiger partial charge in [0.1, 0.15) is 5.82 Å². The van der Waals surface area contributed by atoms with Crippen LogP contribution in [0, 0.1) is 24.1 Å². The maximum atomic E-state index is 14.7. The van der Waals surface area contributed by atoms with E-state index in [4.69, 9.17) is 11.6 Å². The summed E-state index contributed by atoms with van der Waals surface area (Å²) in [7, 11) is 0. The van der Waals surface area contributed by atoms with Gasteiger partial charge in [0.05, 0.1) is 23.4 Å². The lowest BCUT2D eigenvalue weighted by atomic mass is 9.92. The molecule has 30 heavy (non-hydrogen) atoms. The molecule has 4 rings (SSSR count). The number of carbonyl (C=O) groups excluding carboxylic acids is 1. The van der Waals surface area contributed by atoms with Crippen LogP contribution in [-0.4, -0.2) is 27.7 Å². The number of carbonyl (C=O) groups is 1. The quantitative estimate of drug-likeness (QED) is 0.670. The fourth-order valence-corrected chi connectivity index (χ4v) is 4.83. The Hall–Kier alpha value is -1.85. The molecular formula is C24H30ClFN2O2. The molecule has 2 aliphatic carbocycles. The summed E-state index contributed by atoms with van der Waals surface area (Å²) in [6.07, 6.45) is 4.06. The summed E-state index contributed by atoms with van der Waals surface area (Å²) in [5.74, 6) is -0.0838. The Morgan fingerprint density at radius 3 is 2.67 bits per heavy atom. The molecular weight excluding hydrogens is 403 g/mol. The summed E-state index contributed by atoms with van der Waals surface area (Å²) in [6.45, 7) is 7.11. The van der Waals surface area contributed by atoms with Crippen LogP contribution in [0.15, 0.2) is 24.3 Å². The van der Waals surface area contributed by atoms with Crippen molar-refractivity contribution in [2.45, 2.75) is 71.6 Å². The number of hydrogen-bond acceptors (Lipinski definition) is 2. The number of aliphatic hydroxyl groups is 1. The molecule has 2 aliphatic rings. The summed E-state index contributed by atoms with van der Waals surface area (Å²) in [6, 6.07) is 6.05. The van der Waals surface area contributed by atoms with E-state index in [1.165, 1.54) is 12.1 Å². The van der Waals surface area contributed by atoms with Gasteiger partial charge in [-0.05, 0) is 61.8 Å². The zero-order valence-corrected chi connectivity index (χ0v) is 18.6. The van der Waals surface area contributed by atoms with Gasteiger partial charge in [0.2, 0.25) is 0 Å². The van der Waals surface area contributed by atoms with Crippen molar-refractivity contribution in [1.82, 2.24) is 9.88 Å². The second-order valence-electron chi connectivity index (χ2n) is 9.58. The third kappa shape index (κ3) is 4.15. The van der Waals surface area contributed by atoms with Crippen LogP contribution in [0.4, 0.5) is 4.39 Å². The van der Waals surface area contributed by atoms with Crippen LogP contribution < -0.4 is 5.32 Å². The molecule has 0 radical (unpaired) electrons. The molecule has 4 nitrogen and oxygen atoms in total. The number of hydrogen-bond donors (Lipinski definition) is 2. The zero-order valence-electron chi connectivity index (χ0n) is 17.8. The second-order valence-corrected chi connectivity index (χ2v) is 10.0. The number of aromatic nitrogens is 1. The molecule has 2 saturated carbocycles. The average Bonchev–Trinajstić information content (AvgIpc) is 3.16. The van der Waals surface area contributed by atoms with E-state index in [2.05, 4.69) is 23.7 Å². The van der Waals surface area contributed by atoms with Gasteiger partial charge in [0.15, 0.2) is 0 Å². The van der Waals surface area contributed by atoms with E-state index in [0.717, 1.165) is 37.9 Å². The molecule has 3 atom stereocenters. The monoisotopic (exact) mass is 432 g/mol. The highest BCUT2D eigenvalue weighted by molar-refractivity contribution is 6.30. The van der Waals surface area contributed by atoms with Gasteiger partial charge < -0.3 is 15.0 Å². The number of nitrogens with zero attached hydrogens (tertiary/aromatic N) is 1. The second kappa shape index (κ2) is 8.01. The van der Waals surface area contributed by atoms with Gasteiger partial charge in [-0.1, -0.05) is 38.3 Å². The van der Waals surface area contributed by atoms with E-state index in [0.29, 0.717) is 34.2 Å². The Kier molecular flexibility index (Phi) is 5.71. The van der Waals surface area contributed by atoms with Crippen LogP contribution in [0.3, 0.4) is 0 Å². The summed E-state index contributed by atoms with van der Waals surface area (Å²) < 4.78 is 16.8. The minimum Gasteiger partial charge on any atom is -0.391 e. The lowest BCUT2D eigenvalue weighted by Crippen LogP contribution is -2.45. The molecule has 0 bridgehead atoms. The largest absolute Gasteiger partial charge is 0.391 e. The Labute approximate surface area is 182 Å². The summed E-state index contributed by atoms with van der Waals surface area (Å²) >= 11 is 6.15. The minimum atomic E-state index is -0.512. The van der Waals surface area contributed by atoms with E-state index in [9.17, 15) is 14.3 Å². The van der Waals surface area contributed by atoms with Crippen molar-refractivity contribution in [3.63, 3.8) is 0 Å². The Morgan fingerprint density at radius 2 is 2.00 bits per heavy atom. The van der Waals surface area contributed by atoms with Gasteiger partial charge in [0, 0.05) is 22.8 Å². The van der Waals surface area contributed by atoms with Crippen molar-refractivity contribution in [3.8, 4) is 11.3 Å². The zero-order chi connectivity index (χ0) is 21.6. The molecule has 2 N–H and O–H groups in total. The van der Waals surface area contributed by atoms with Crippen molar-refractivity contribution in [2.75, 3.05) is 0 Å². The molecule has 0 saturated heterocycles. The average molecular weight is 433 g/mol. The molecule has 2 aromatic rings. The highest BCUT2D eigenvalue weighted by Gasteiger charge is 2.46. The predicted molar refractivity (Wildman–Crippen MR) is 117 cm³/mol. The summed E-state index contributed by atoms with van der Waals surface area (Å²) in [5.41, 5.74) is 2.68. The molecule has 2 fully saturated rings. The molecule has 0 aliphatic heterocycles. The van der Waals surface area contributed by atoms with Crippen molar-refractivity contribution in [1.29, 1.82) is 0 Å². The summed E-state index contributed by atoms with van der Waals surface area (Å²) in [4.78, 5) is 13.1. The number of halogens is 2. The van der Waals surface area contributed by atoms with Gasteiger partial charge in [0.25, 0.3) is 5.91 Å². The van der Waals surface area contributed by atoms with Crippen LogP contribution in [0.25, 0.3) is 11.3 Å². The first-order chi connectivity index (χ1) is 14.2. The minimum absolute atomic E-state index is 0.212. The molecule has 0 unspecified atom stereocenters. The highest BCUT2D eigenvalue weighted by Crippen LogP contribution is 2.53. The topological polar surface area (TPSA) is 54.3 Å². The molecule has 1 aromatic heterocycles. The molecule has 1 heterocycles. The fraction of sp³-hybridized carbons (Fsp3) is 0.542. The van der Waals surface area contributed by atoms with Gasteiger partial charge in [-0.15, -0.1) is 0 Å². The van der Waals surface area contributed by atoms with Crippen molar-refractivity contribution < 1.29 is 14.3 Å². The Balaban J connectivity index is 1.70. The molecule has 1 amide bonds. The molecule has 0 spiro atoms. The van der Waals surface area contributed by atoms with Crippen LogP contribution in [0.5, 0.6) is 0 Å². The standard InChI is InChI=1S/C24H30ClFN2O2/c1-14-17(23(30)27-20-6-4-5-7-22(20)29)11-21(18-10-16(25)8-9-19(18)26)28(14)13-15-12-24(15,2)3/h8-11,15,20,22,29H,4-7,12-13H2,1-3H3,(H,27,30)/t15-,20-,22-/m1/s1. The van der Waals surface area contributed by atoms with E-state index < -0.39 is 6.10 Å². The van der Waals surface area contributed by atoms with Crippen LogP contribution in [0.2, 0.25) is 5.02 Å². The summed E-state index contributed by atoms with van der Waals surface area (Å²) in [5, 5.41) is 13.7. The first-order valence-electron chi connectivity index (χ1n) is 10.8. The van der Waals surface area contributed by atoms with Gasteiger partial charge in [-0.3, -0.25) is 4.79 Å². The predicted octanol–water partition coefficient (Wildman–Crippen LogP) is 5.34. The van der Waals surface area contributed by atoms with Crippen molar-refractivity contribution in [3.05, 3.63) is 46.4 Å². The van der Waals surface area contributed by atoms with Crippen molar-refractivity contribution >= 4 is 17.5 Å². The third-order valence-corrected chi connectivity index (χ3v) is 7.22. The van der Waals surface area contributed by atoms with E-state index >= 15 is 0 Å². The first-order valence-corrected chi connectivity index (χ1v) is 11.2. The maximum absolute atomic E-state index is 14.7. The van der Waals surface area contributed by atoms with E-state index in [1.54, 1.807) is 12.1 Å². The number of nitrogens with one attached hydrogen (secondary N) is 1. The smallest absolute Gasteiger partial charge is 0.253 e. The van der Waals surface area contributed by atoms with Crippen LogP contribution in [0.1, 0.15) is 62.0 Å². The molecule has 1 aromatic carbocycles. The molecule has 162 valence electrons. The SMILES string of the molecule is Cc1c(C(=O)N[C@@H]2CCCC[C@H]2O)cc(-c2cc(Cl)ccc2F)n1C[C@H]1CC1(C)C. The van der Waals surface area contributed by atoms with E-state index in [-0.39, 0.29) is 23.2 Å². The first kappa shape index (κ1) is 21.4. The maximum Gasteiger partial charge on any atom is 0.253 e. The van der Waals surface area contributed by atoms with Gasteiger partial charge in [-0.25, -0.2) is 4.39 Å². The van der Waals surface area contributed by atoms with Crippen molar-refractivity contribution in [2.24, 2.45) is 11.3 Å². The molecule has 6 heteroatoms. The van der Waals surface area contributed by atoms with Gasteiger partial charge >= 0.3 is 0 Å². The lowest BCUT2D eigenvalue weighted by Gasteiger charge is -2.28. The lowest BCUT2D eigenvalue weighted by molar-refractivity contribution is 0.0716. The van der Waals surface area contributed by atoms with E-state index in [1.807, 2.05) is 6.92 Å². The Bertz CT molecular complexity index is 968. The number of aliphatic hydroxyl groups excluding tert-OH is 1.